The average Bonchev–Trinajstić information content (AvgIpc) is 2.46. The molecule has 0 atom stereocenters. The van der Waals surface area contributed by atoms with Gasteiger partial charge in [0.15, 0.2) is 0 Å². The highest BCUT2D eigenvalue weighted by Crippen LogP contribution is 2.27. The van der Waals surface area contributed by atoms with E-state index >= 15 is 0 Å². The second-order valence-electron chi connectivity index (χ2n) is 5.21. The van der Waals surface area contributed by atoms with Crippen LogP contribution in [0.4, 0.5) is 5.69 Å². The number of nitrogens with one attached hydrogen (secondary N) is 2. The van der Waals surface area contributed by atoms with E-state index in [4.69, 9.17) is 9.47 Å². The van der Waals surface area contributed by atoms with Gasteiger partial charge in [-0.2, -0.15) is 0 Å². The minimum Gasteiger partial charge on any atom is -0.495 e. The fourth-order valence-corrected chi connectivity index (χ4v) is 2.90. The molecule has 0 unspecified atom stereocenters. The fraction of sp³-hybridized carbons (Fsp3) is 0.533. The summed E-state index contributed by atoms with van der Waals surface area (Å²) in [4.78, 5) is 11.2. The van der Waals surface area contributed by atoms with Gasteiger partial charge in [-0.3, -0.25) is 4.79 Å². The van der Waals surface area contributed by atoms with Gasteiger partial charge in [-0.05, 0) is 32.4 Å². The Bertz CT molecular complexity index is 629. The monoisotopic (exact) mass is 344 g/mol. The molecule has 0 aliphatic carbocycles. The molecule has 23 heavy (non-hydrogen) atoms. The van der Waals surface area contributed by atoms with Crippen molar-refractivity contribution in [3.8, 4) is 5.75 Å². The van der Waals surface area contributed by atoms with E-state index in [0.717, 1.165) is 0 Å². The van der Waals surface area contributed by atoms with E-state index in [2.05, 4.69) is 10.0 Å². The van der Waals surface area contributed by atoms with Gasteiger partial charge in [0.25, 0.3) is 0 Å². The van der Waals surface area contributed by atoms with E-state index in [1.165, 1.54) is 32.2 Å². The third kappa shape index (κ3) is 6.55. The molecule has 0 aliphatic heterocycles. The summed E-state index contributed by atoms with van der Waals surface area (Å²) in [6.07, 6.45) is 0.704. The number of amides is 1. The van der Waals surface area contributed by atoms with Crippen molar-refractivity contribution >= 4 is 21.6 Å². The Balaban J connectivity index is 2.74. The van der Waals surface area contributed by atoms with Gasteiger partial charge in [0.2, 0.25) is 15.9 Å². The quantitative estimate of drug-likeness (QED) is 0.666. The average molecular weight is 344 g/mol. The molecule has 0 bridgehead atoms. The molecule has 130 valence electrons. The van der Waals surface area contributed by atoms with Crippen LogP contribution in [0.5, 0.6) is 5.75 Å². The summed E-state index contributed by atoms with van der Waals surface area (Å²) in [5.41, 5.74) is 0.421. The molecule has 0 radical (unpaired) electrons. The summed E-state index contributed by atoms with van der Waals surface area (Å²) >= 11 is 0. The summed E-state index contributed by atoms with van der Waals surface area (Å²) in [5, 5.41) is 2.58. The number of carbonyl (C=O) groups is 1. The maximum Gasteiger partial charge on any atom is 0.240 e. The van der Waals surface area contributed by atoms with Crippen LogP contribution in [-0.4, -0.2) is 40.7 Å². The molecule has 0 saturated heterocycles. The van der Waals surface area contributed by atoms with E-state index in [0.29, 0.717) is 18.7 Å². The molecule has 2 N–H and O–H groups in total. The number of hydrogen-bond donors (Lipinski definition) is 2. The van der Waals surface area contributed by atoms with Gasteiger partial charge in [0, 0.05) is 26.1 Å². The van der Waals surface area contributed by atoms with Gasteiger partial charge >= 0.3 is 0 Å². The molecule has 1 aromatic rings. The van der Waals surface area contributed by atoms with Gasteiger partial charge in [-0.15, -0.1) is 0 Å². The highest BCUT2D eigenvalue weighted by Gasteiger charge is 2.16. The van der Waals surface area contributed by atoms with Crippen molar-refractivity contribution in [2.75, 3.05) is 25.6 Å². The summed E-state index contributed by atoms with van der Waals surface area (Å²) in [5.74, 6) is 0.0217. The minimum absolute atomic E-state index is 0.0771. The second-order valence-corrected chi connectivity index (χ2v) is 6.98. The van der Waals surface area contributed by atoms with Gasteiger partial charge in [0.1, 0.15) is 5.75 Å². The third-order valence-electron chi connectivity index (χ3n) is 2.86. The van der Waals surface area contributed by atoms with Gasteiger partial charge in [-0.25, -0.2) is 13.1 Å². The Morgan fingerprint density at radius 2 is 2.00 bits per heavy atom. The zero-order chi connectivity index (χ0) is 17.5. The van der Waals surface area contributed by atoms with E-state index in [9.17, 15) is 13.2 Å². The van der Waals surface area contributed by atoms with Crippen LogP contribution in [0.25, 0.3) is 0 Å². The summed E-state index contributed by atoms with van der Waals surface area (Å²) in [7, 11) is -2.23. The van der Waals surface area contributed by atoms with E-state index in [1.54, 1.807) is 0 Å². The third-order valence-corrected chi connectivity index (χ3v) is 4.32. The molecule has 0 saturated carbocycles. The summed E-state index contributed by atoms with van der Waals surface area (Å²) < 4.78 is 37.5. The Morgan fingerprint density at radius 3 is 2.57 bits per heavy atom. The first-order valence-electron chi connectivity index (χ1n) is 7.33. The molecule has 0 heterocycles. The van der Waals surface area contributed by atoms with Crippen molar-refractivity contribution in [1.82, 2.24) is 4.72 Å². The number of carbonyl (C=O) groups excluding carboxylic acids is 1. The maximum absolute atomic E-state index is 12.2. The first kappa shape index (κ1) is 19.4. The number of anilines is 1. The van der Waals surface area contributed by atoms with Crippen LogP contribution in [0, 0.1) is 0 Å². The standard InChI is InChI=1S/C15H24N2O5S/c1-11(2)22-9-5-8-16-23(19,20)13-6-7-14(17-12(3)18)15(10-13)21-4/h6-7,10-11,16H,5,8-9H2,1-4H3,(H,17,18). The molecule has 0 spiro atoms. The van der Waals surface area contributed by atoms with E-state index in [1.807, 2.05) is 13.8 Å². The molecular formula is C15H24N2O5S. The first-order valence-corrected chi connectivity index (χ1v) is 8.81. The number of sulfonamides is 1. The molecular weight excluding hydrogens is 320 g/mol. The van der Waals surface area contributed by atoms with Gasteiger partial charge in [-0.1, -0.05) is 0 Å². The lowest BCUT2D eigenvalue weighted by molar-refractivity contribution is -0.114. The number of hydrogen-bond acceptors (Lipinski definition) is 5. The molecule has 0 fully saturated rings. The summed E-state index contributed by atoms with van der Waals surface area (Å²) in [6.45, 7) is 5.99. The van der Waals surface area contributed by atoms with Crippen LogP contribution >= 0.6 is 0 Å². The molecule has 7 nitrogen and oxygen atoms in total. The topological polar surface area (TPSA) is 93.7 Å². The van der Waals surface area contributed by atoms with Crippen molar-refractivity contribution < 1.29 is 22.7 Å². The van der Waals surface area contributed by atoms with Gasteiger partial charge < -0.3 is 14.8 Å². The highest BCUT2D eigenvalue weighted by atomic mass is 32.2. The largest absolute Gasteiger partial charge is 0.495 e. The number of rotatable bonds is 9. The molecule has 1 rings (SSSR count). The van der Waals surface area contributed by atoms with E-state index in [-0.39, 0.29) is 29.2 Å². The van der Waals surface area contributed by atoms with Crippen LogP contribution < -0.4 is 14.8 Å². The van der Waals surface area contributed by atoms with E-state index < -0.39 is 10.0 Å². The number of ether oxygens (including phenoxy) is 2. The maximum atomic E-state index is 12.2. The van der Waals surface area contributed by atoms with Crippen LogP contribution in [0.1, 0.15) is 27.2 Å². The lowest BCUT2D eigenvalue weighted by Crippen LogP contribution is -2.26. The van der Waals surface area contributed by atoms with Crippen molar-refractivity contribution in [2.45, 2.75) is 38.2 Å². The van der Waals surface area contributed by atoms with Gasteiger partial charge in [0.05, 0.1) is 23.8 Å². The Kier molecular flexibility index (Phi) is 7.47. The SMILES string of the molecule is COc1cc(S(=O)(=O)NCCCOC(C)C)ccc1NC(C)=O. The summed E-state index contributed by atoms with van der Waals surface area (Å²) in [6, 6.07) is 4.29. The molecule has 0 aliphatic rings. The fourth-order valence-electron chi connectivity index (χ4n) is 1.81. The molecule has 1 aromatic carbocycles. The molecule has 1 amide bonds. The van der Waals surface area contributed by atoms with Crippen LogP contribution in [0.15, 0.2) is 23.1 Å². The predicted molar refractivity (Wildman–Crippen MR) is 88.2 cm³/mol. The number of methoxy groups -OCH3 is 1. The van der Waals surface area contributed by atoms with Crippen molar-refractivity contribution in [3.63, 3.8) is 0 Å². The Morgan fingerprint density at radius 1 is 1.30 bits per heavy atom. The highest BCUT2D eigenvalue weighted by molar-refractivity contribution is 7.89. The van der Waals surface area contributed by atoms with Crippen molar-refractivity contribution in [3.05, 3.63) is 18.2 Å². The zero-order valence-corrected chi connectivity index (χ0v) is 14.7. The predicted octanol–water partition coefficient (Wildman–Crippen LogP) is 1.75. The van der Waals surface area contributed by atoms with Crippen LogP contribution in [0.3, 0.4) is 0 Å². The van der Waals surface area contributed by atoms with Crippen LogP contribution in [-0.2, 0) is 19.6 Å². The Hall–Kier alpha value is -1.64. The van der Waals surface area contributed by atoms with Crippen molar-refractivity contribution in [1.29, 1.82) is 0 Å². The zero-order valence-electron chi connectivity index (χ0n) is 13.9. The lowest BCUT2D eigenvalue weighted by Gasteiger charge is -2.12. The smallest absolute Gasteiger partial charge is 0.240 e. The first-order chi connectivity index (χ1) is 10.8. The molecule has 0 aromatic heterocycles. The Labute approximate surface area is 137 Å². The second kappa shape index (κ2) is 8.85. The lowest BCUT2D eigenvalue weighted by atomic mass is 10.3. The normalized spacial score (nSPS) is 11.5. The van der Waals surface area contributed by atoms with Crippen LogP contribution in [0.2, 0.25) is 0 Å². The van der Waals surface area contributed by atoms with Crippen molar-refractivity contribution in [2.24, 2.45) is 0 Å². The minimum atomic E-state index is -3.64. The molecule has 8 heteroatoms. The number of benzene rings is 1.